The number of aliphatic carboxylic acids is 1. The van der Waals surface area contributed by atoms with Crippen LogP contribution in [-0.2, 0) is 19.7 Å². The molecule has 0 heterocycles. The van der Waals surface area contributed by atoms with Gasteiger partial charge in [-0.05, 0) is 12.1 Å². The monoisotopic (exact) mass is 303 g/mol. The Labute approximate surface area is 115 Å². The number of carbonyl (C=O) groups excluding carboxylic acids is 1. The van der Waals surface area contributed by atoms with Crippen molar-refractivity contribution in [2.24, 2.45) is 0 Å². The lowest BCUT2D eigenvalue weighted by Gasteiger charge is -2.23. The van der Waals surface area contributed by atoms with Crippen LogP contribution in [-0.4, -0.2) is 39.2 Å². The van der Waals surface area contributed by atoms with Gasteiger partial charge in [-0.25, -0.2) is 13.8 Å². The molecule has 0 bridgehead atoms. The molecular formula is C10H13N3O6S. The summed E-state index contributed by atoms with van der Waals surface area (Å²) in [4.78, 5) is 21.8. The first-order valence-electron chi connectivity index (χ1n) is 5.22. The molecule has 0 aromatic heterocycles. The second kappa shape index (κ2) is 6.10. The van der Waals surface area contributed by atoms with Crippen LogP contribution in [0.25, 0.3) is 0 Å². The third-order valence-corrected chi connectivity index (χ3v) is 3.50. The zero-order chi connectivity index (χ0) is 15.3. The summed E-state index contributed by atoms with van der Waals surface area (Å²) in [6.45, 7) is -0.902. The maximum absolute atomic E-state index is 12.0. The molecule has 0 aliphatic carbocycles. The maximum atomic E-state index is 12.0. The molecule has 0 fully saturated rings. The number of nitrogens with two attached hydrogens (primary N) is 1. The van der Waals surface area contributed by atoms with E-state index >= 15 is 0 Å². The molecule has 0 unspecified atom stereocenters. The number of nitrogens with zero attached hydrogens (tertiary/aromatic N) is 1. The number of methoxy groups -OCH3 is 1. The summed E-state index contributed by atoms with van der Waals surface area (Å²) in [5.41, 5.74) is 5.60. The summed E-state index contributed by atoms with van der Waals surface area (Å²) in [7, 11) is -3.48. The molecule has 1 amide bonds. The van der Waals surface area contributed by atoms with Crippen LogP contribution in [0.2, 0.25) is 0 Å². The number of carboxylic acids is 1. The van der Waals surface area contributed by atoms with Crippen molar-refractivity contribution in [3.63, 3.8) is 0 Å². The second-order valence-corrected chi connectivity index (χ2v) is 5.15. The fourth-order valence-electron chi connectivity index (χ4n) is 1.34. The molecule has 10 heteroatoms. The van der Waals surface area contributed by atoms with Gasteiger partial charge in [0, 0.05) is 0 Å². The smallest absolute Gasteiger partial charge is 0.422 e. The lowest BCUT2D eigenvalue weighted by molar-refractivity contribution is -0.135. The topological polar surface area (TPSA) is 139 Å². The van der Waals surface area contributed by atoms with E-state index in [9.17, 15) is 18.0 Å². The number of amides is 1. The molecule has 4 N–H and O–H groups in total. The van der Waals surface area contributed by atoms with E-state index in [2.05, 4.69) is 4.74 Å². The Balaban J connectivity index is 3.23. The van der Waals surface area contributed by atoms with Crippen molar-refractivity contribution < 1.29 is 27.9 Å². The first kappa shape index (κ1) is 15.6. The van der Waals surface area contributed by atoms with Gasteiger partial charge >= 0.3 is 22.3 Å². The highest BCUT2D eigenvalue weighted by Crippen LogP contribution is 2.24. The Morgan fingerprint density at radius 3 is 2.50 bits per heavy atom. The molecule has 0 radical (unpaired) electrons. The fourth-order valence-corrected chi connectivity index (χ4v) is 2.45. The zero-order valence-electron chi connectivity index (χ0n) is 10.4. The number of hydrogen-bond acceptors (Lipinski definition) is 6. The predicted molar refractivity (Wildman–Crippen MR) is 70.3 cm³/mol. The minimum absolute atomic E-state index is 0.0454. The van der Waals surface area contributed by atoms with Crippen LogP contribution in [0.5, 0.6) is 0 Å². The Hall–Kier alpha value is -2.49. The van der Waals surface area contributed by atoms with Gasteiger partial charge in [-0.2, -0.15) is 8.42 Å². The highest BCUT2D eigenvalue weighted by atomic mass is 32.2. The number of nitrogens with one attached hydrogen (secondary N) is 1. The number of para-hydroxylation sites is 2. The van der Waals surface area contributed by atoms with E-state index in [1.54, 1.807) is 10.8 Å². The summed E-state index contributed by atoms with van der Waals surface area (Å²) in [6.07, 6.45) is -1.24. The molecule has 1 rings (SSSR count). The molecule has 0 saturated carbocycles. The molecule has 0 aliphatic heterocycles. The van der Waals surface area contributed by atoms with Gasteiger partial charge in [0.15, 0.2) is 0 Å². The zero-order valence-corrected chi connectivity index (χ0v) is 11.3. The molecular weight excluding hydrogens is 290 g/mol. The van der Waals surface area contributed by atoms with E-state index in [0.29, 0.717) is 4.31 Å². The summed E-state index contributed by atoms with van der Waals surface area (Å²) >= 11 is 0. The highest BCUT2D eigenvalue weighted by molar-refractivity contribution is 7.91. The maximum Gasteiger partial charge on any atom is 0.422 e. The van der Waals surface area contributed by atoms with Gasteiger partial charge in [0.05, 0.1) is 18.5 Å². The third kappa shape index (κ3) is 3.75. The third-order valence-electron chi connectivity index (χ3n) is 2.17. The number of rotatable bonds is 5. The van der Waals surface area contributed by atoms with Gasteiger partial charge in [-0.15, -0.1) is 0 Å². The van der Waals surface area contributed by atoms with Crippen molar-refractivity contribution in [3.8, 4) is 0 Å². The summed E-state index contributed by atoms with van der Waals surface area (Å²) in [5.74, 6) is -1.41. The minimum atomic E-state index is -4.46. The Kier molecular flexibility index (Phi) is 4.75. The average Bonchev–Trinajstić information content (AvgIpc) is 2.36. The molecule has 20 heavy (non-hydrogen) atoms. The van der Waals surface area contributed by atoms with Gasteiger partial charge in [0.25, 0.3) is 0 Å². The van der Waals surface area contributed by atoms with E-state index in [-0.39, 0.29) is 11.4 Å². The number of ether oxygens (including phenoxy) is 1. The first-order valence-corrected chi connectivity index (χ1v) is 6.66. The highest BCUT2D eigenvalue weighted by Gasteiger charge is 2.28. The Bertz CT molecular complexity index is 615. The number of carbonyl (C=O) groups is 2. The van der Waals surface area contributed by atoms with Crippen LogP contribution in [0, 0.1) is 0 Å². The van der Waals surface area contributed by atoms with Gasteiger partial charge in [-0.3, -0.25) is 4.79 Å². The van der Waals surface area contributed by atoms with Crippen molar-refractivity contribution in [3.05, 3.63) is 24.3 Å². The number of benzene rings is 1. The quantitative estimate of drug-likeness (QED) is 0.638. The van der Waals surface area contributed by atoms with Crippen LogP contribution < -0.4 is 14.8 Å². The number of hydrogen-bond donors (Lipinski definition) is 3. The standard InChI is InChI=1S/C10H13N3O6S/c1-19-10(16)12-20(17,18)13(6-9(14)15)8-5-3-2-4-7(8)11/h2-5H,6,11H2,1H3,(H,12,16)(H,14,15). The number of carboxylic acid groups (broad SMARTS) is 1. The summed E-state index contributed by atoms with van der Waals surface area (Å²) in [6, 6.07) is 5.75. The molecule has 0 atom stereocenters. The second-order valence-electron chi connectivity index (χ2n) is 3.56. The van der Waals surface area contributed by atoms with Crippen molar-refractivity contribution in [1.82, 2.24) is 4.72 Å². The SMILES string of the molecule is COC(=O)NS(=O)(=O)N(CC(=O)O)c1ccccc1N. The lowest BCUT2D eigenvalue weighted by Crippen LogP contribution is -2.46. The predicted octanol–water partition coefficient (Wildman–Crippen LogP) is -0.239. The molecule has 1 aromatic carbocycles. The van der Waals surface area contributed by atoms with Gasteiger partial charge < -0.3 is 15.6 Å². The lowest BCUT2D eigenvalue weighted by atomic mass is 10.3. The van der Waals surface area contributed by atoms with Crippen LogP contribution in [0.3, 0.4) is 0 Å². The summed E-state index contributed by atoms with van der Waals surface area (Å²) in [5, 5.41) is 8.80. The van der Waals surface area contributed by atoms with Crippen LogP contribution >= 0.6 is 0 Å². The molecule has 0 spiro atoms. The van der Waals surface area contributed by atoms with E-state index in [4.69, 9.17) is 10.8 Å². The molecule has 0 aliphatic rings. The molecule has 0 saturated heterocycles. The van der Waals surface area contributed by atoms with E-state index in [1.807, 2.05) is 0 Å². The van der Waals surface area contributed by atoms with Crippen molar-refractivity contribution in [1.29, 1.82) is 0 Å². The van der Waals surface area contributed by atoms with Crippen molar-refractivity contribution >= 4 is 33.6 Å². The molecule has 1 aromatic rings. The van der Waals surface area contributed by atoms with E-state index in [1.165, 1.54) is 18.2 Å². The first-order chi connectivity index (χ1) is 9.27. The van der Waals surface area contributed by atoms with E-state index in [0.717, 1.165) is 7.11 Å². The average molecular weight is 303 g/mol. The van der Waals surface area contributed by atoms with Gasteiger partial charge in [0.1, 0.15) is 6.54 Å². The Morgan fingerprint density at radius 1 is 1.40 bits per heavy atom. The number of anilines is 2. The summed E-state index contributed by atoms with van der Waals surface area (Å²) < 4.78 is 30.2. The van der Waals surface area contributed by atoms with Crippen LogP contribution in [0.15, 0.2) is 24.3 Å². The molecule has 9 nitrogen and oxygen atoms in total. The van der Waals surface area contributed by atoms with Crippen molar-refractivity contribution in [2.45, 2.75) is 0 Å². The van der Waals surface area contributed by atoms with Crippen LogP contribution in [0.4, 0.5) is 16.2 Å². The van der Waals surface area contributed by atoms with Crippen molar-refractivity contribution in [2.75, 3.05) is 23.7 Å². The van der Waals surface area contributed by atoms with E-state index < -0.39 is 28.8 Å². The van der Waals surface area contributed by atoms with Gasteiger partial charge in [0.2, 0.25) is 0 Å². The minimum Gasteiger partial charge on any atom is -0.480 e. The van der Waals surface area contributed by atoms with Gasteiger partial charge in [-0.1, -0.05) is 12.1 Å². The fraction of sp³-hybridized carbons (Fsp3) is 0.200. The largest absolute Gasteiger partial charge is 0.480 e. The van der Waals surface area contributed by atoms with Crippen LogP contribution in [0.1, 0.15) is 0 Å². The molecule has 110 valence electrons. The Morgan fingerprint density at radius 2 is 2.00 bits per heavy atom. The normalized spacial score (nSPS) is 10.7. The number of nitrogen functional groups attached to an aromatic ring is 1.